The number of hydrogen-bond acceptors (Lipinski definition) is 6. The summed E-state index contributed by atoms with van der Waals surface area (Å²) in [4.78, 5) is 32.0. The van der Waals surface area contributed by atoms with Gasteiger partial charge in [-0.1, -0.05) is 18.7 Å². The number of aliphatic hydroxyl groups excluding tert-OH is 1. The van der Waals surface area contributed by atoms with Crippen LogP contribution in [0.4, 0.5) is 5.82 Å². The van der Waals surface area contributed by atoms with Gasteiger partial charge in [0.15, 0.2) is 0 Å². The summed E-state index contributed by atoms with van der Waals surface area (Å²) < 4.78 is 9.19. The zero-order valence-corrected chi connectivity index (χ0v) is 19.7. The van der Waals surface area contributed by atoms with Crippen molar-refractivity contribution in [1.82, 2.24) is 19.0 Å². The van der Waals surface area contributed by atoms with Gasteiger partial charge in [-0.05, 0) is 66.9 Å². The van der Waals surface area contributed by atoms with Gasteiger partial charge >= 0.3 is 5.69 Å². The summed E-state index contributed by atoms with van der Waals surface area (Å²) in [6.45, 7) is 4.63. The Morgan fingerprint density at radius 3 is 2.50 bits per heavy atom. The number of amides is 1. The highest BCUT2D eigenvalue weighted by Gasteiger charge is 2.28. The number of ether oxygens (including phenoxy) is 1. The van der Waals surface area contributed by atoms with E-state index in [0.717, 1.165) is 18.4 Å². The number of nitrogen functional groups attached to an aromatic ring is 1. The lowest BCUT2D eigenvalue weighted by Crippen LogP contribution is -2.42. The van der Waals surface area contributed by atoms with Crippen LogP contribution in [0.25, 0.3) is 16.7 Å². The van der Waals surface area contributed by atoms with Gasteiger partial charge in [0, 0.05) is 19.3 Å². The number of likely N-dealkylation sites (tertiary alicyclic amines) is 1. The minimum Gasteiger partial charge on any atom is -0.457 e. The molecule has 36 heavy (non-hydrogen) atoms. The van der Waals surface area contributed by atoms with Crippen LogP contribution in [0.2, 0.25) is 0 Å². The SMILES string of the molecule is C=CC(=O)N1CCC[C@@H](n2c(=O)n(-c3ccc(Oc4ccc(CO)cc4)cc3)c3c(N)nccc32)C1. The van der Waals surface area contributed by atoms with Crippen LogP contribution in [-0.4, -0.2) is 43.1 Å². The van der Waals surface area contributed by atoms with Crippen molar-refractivity contribution in [2.24, 2.45) is 0 Å². The number of pyridine rings is 1. The quantitative estimate of drug-likeness (QED) is 0.405. The van der Waals surface area contributed by atoms with E-state index >= 15 is 0 Å². The lowest BCUT2D eigenvalue weighted by Gasteiger charge is -2.32. The van der Waals surface area contributed by atoms with Crippen molar-refractivity contribution in [3.8, 4) is 17.2 Å². The van der Waals surface area contributed by atoms with E-state index in [-0.39, 0.29) is 30.1 Å². The van der Waals surface area contributed by atoms with Crippen molar-refractivity contribution in [3.05, 3.63) is 89.5 Å². The Morgan fingerprint density at radius 1 is 1.14 bits per heavy atom. The molecule has 184 valence electrons. The molecule has 1 aliphatic heterocycles. The maximum Gasteiger partial charge on any atom is 0.334 e. The third-order valence-electron chi connectivity index (χ3n) is 6.50. The topological polar surface area (TPSA) is 116 Å². The first-order chi connectivity index (χ1) is 17.5. The molecule has 0 radical (unpaired) electrons. The van der Waals surface area contributed by atoms with Crippen molar-refractivity contribution in [1.29, 1.82) is 0 Å². The van der Waals surface area contributed by atoms with Crippen LogP contribution < -0.4 is 16.2 Å². The Bertz CT molecular complexity index is 1470. The maximum absolute atomic E-state index is 13.8. The van der Waals surface area contributed by atoms with E-state index in [0.29, 0.717) is 41.3 Å². The second-order valence-corrected chi connectivity index (χ2v) is 8.73. The fraction of sp³-hybridized carbons (Fsp3) is 0.222. The van der Waals surface area contributed by atoms with E-state index in [9.17, 15) is 14.7 Å². The molecule has 2 aromatic heterocycles. The number of aromatic nitrogens is 3. The standard InChI is InChI=1S/C27H27N5O4/c1-2-24(34)30-15-3-4-20(16-30)31-23-13-14-29-26(28)25(23)32(27(31)35)19-7-11-22(12-8-19)36-21-9-5-18(17-33)6-10-21/h2,5-14,20,33H,1,3-4,15-17H2,(H2,28,29)/t20-/m1/s1. The molecule has 1 atom stereocenters. The van der Waals surface area contributed by atoms with Gasteiger partial charge in [-0.3, -0.25) is 13.9 Å². The van der Waals surface area contributed by atoms with Crippen molar-refractivity contribution >= 4 is 22.8 Å². The van der Waals surface area contributed by atoms with Crippen LogP contribution in [0.15, 0.2) is 78.2 Å². The monoisotopic (exact) mass is 485 g/mol. The molecule has 4 aromatic rings. The number of aliphatic hydroxyl groups is 1. The van der Waals surface area contributed by atoms with Crippen LogP contribution in [0.1, 0.15) is 24.4 Å². The molecule has 0 aliphatic carbocycles. The third-order valence-corrected chi connectivity index (χ3v) is 6.50. The smallest absolute Gasteiger partial charge is 0.334 e. The molecule has 1 amide bonds. The van der Waals surface area contributed by atoms with E-state index < -0.39 is 0 Å². The lowest BCUT2D eigenvalue weighted by atomic mass is 10.1. The minimum absolute atomic E-state index is 0.0290. The predicted molar refractivity (Wildman–Crippen MR) is 137 cm³/mol. The Labute approximate surface area is 207 Å². The summed E-state index contributed by atoms with van der Waals surface area (Å²) in [6, 6.07) is 15.9. The summed E-state index contributed by atoms with van der Waals surface area (Å²) in [5, 5.41) is 9.20. The van der Waals surface area contributed by atoms with Crippen LogP contribution in [0.5, 0.6) is 11.5 Å². The summed E-state index contributed by atoms with van der Waals surface area (Å²) >= 11 is 0. The number of imidazole rings is 1. The first-order valence-electron chi connectivity index (χ1n) is 11.8. The number of piperidine rings is 1. The number of nitrogens with zero attached hydrogens (tertiary/aromatic N) is 4. The van der Waals surface area contributed by atoms with Gasteiger partial charge in [-0.25, -0.2) is 9.78 Å². The fourth-order valence-electron chi connectivity index (χ4n) is 4.74. The van der Waals surface area contributed by atoms with Gasteiger partial charge < -0.3 is 20.5 Å². The Balaban J connectivity index is 1.51. The lowest BCUT2D eigenvalue weighted by molar-refractivity contribution is -0.127. The largest absolute Gasteiger partial charge is 0.457 e. The Morgan fingerprint density at radius 2 is 1.83 bits per heavy atom. The van der Waals surface area contributed by atoms with Gasteiger partial charge in [0.2, 0.25) is 5.91 Å². The molecule has 1 saturated heterocycles. The molecule has 3 N–H and O–H groups in total. The summed E-state index contributed by atoms with van der Waals surface area (Å²) in [6.07, 6.45) is 4.45. The number of benzene rings is 2. The average Bonchev–Trinajstić information content (AvgIpc) is 3.22. The van der Waals surface area contributed by atoms with Crippen LogP contribution in [0.3, 0.4) is 0 Å². The first-order valence-corrected chi connectivity index (χ1v) is 11.8. The van der Waals surface area contributed by atoms with Gasteiger partial charge in [-0.2, -0.15) is 0 Å². The molecule has 9 nitrogen and oxygen atoms in total. The summed E-state index contributed by atoms with van der Waals surface area (Å²) in [7, 11) is 0. The predicted octanol–water partition coefficient (Wildman–Crippen LogP) is 3.40. The van der Waals surface area contributed by atoms with Crippen molar-refractivity contribution < 1.29 is 14.6 Å². The number of carbonyl (C=O) groups is 1. The highest BCUT2D eigenvalue weighted by atomic mass is 16.5. The number of fused-ring (bicyclic) bond motifs is 1. The molecule has 0 spiro atoms. The van der Waals surface area contributed by atoms with Crippen molar-refractivity contribution in [2.75, 3.05) is 18.8 Å². The number of hydrogen-bond donors (Lipinski definition) is 2. The van der Waals surface area contributed by atoms with Crippen molar-refractivity contribution in [2.45, 2.75) is 25.5 Å². The Hall–Kier alpha value is -4.37. The van der Waals surface area contributed by atoms with Crippen molar-refractivity contribution in [3.63, 3.8) is 0 Å². The van der Waals surface area contributed by atoms with E-state index in [1.54, 1.807) is 74.8 Å². The van der Waals surface area contributed by atoms with Gasteiger partial charge in [0.1, 0.15) is 22.8 Å². The third kappa shape index (κ3) is 4.25. The highest BCUT2D eigenvalue weighted by Crippen LogP contribution is 2.29. The van der Waals surface area contributed by atoms with E-state index in [1.165, 1.54) is 6.08 Å². The molecule has 9 heteroatoms. The van der Waals surface area contributed by atoms with Gasteiger partial charge in [0.25, 0.3) is 0 Å². The zero-order valence-electron chi connectivity index (χ0n) is 19.7. The molecule has 5 rings (SSSR count). The van der Waals surface area contributed by atoms with Crippen LogP contribution >= 0.6 is 0 Å². The number of nitrogens with two attached hydrogens (primary N) is 1. The fourth-order valence-corrected chi connectivity index (χ4v) is 4.74. The van der Waals surface area contributed by atoms with Gasteiger partial charge in [-0.15, -0.1) is 0 Å². The molecule has 1 aliphatic rings. The molecule has 2 aromatic carbocycles. The highest BCUT2D eigenvalue weighted by molar-refractivity contribution is 5.88. The van der Waals surface area contributed by atoms with E-state index in [4.69, 9.17) is 10.5 Å². The number of rotatable bonds is 6. The first kappa shape index (κ1) is 23.4. The second kappa shape index (κ2) is 9.71. The minimum atomic E-state index is -0.240. The molecular weight excluding hydrogens is 458 g/mol. The summed E-state index contributed by atoms with van der Waals surface area (Å²) in [5.41, 5.74) is 8.65. The molecule has 0 bridgehead atoms. The molecule has 0 unspecified atom stereocenters. The van der Waals surface area contributed by atoms with E-state index in [2.05, 4.69) is 11.6 Å². The molecule has 1 fully saturated rings. The summed E-state index contributed by atoms with van der Waals surface area (Å²) in [5.74, 6) is 1.35. The van der Waals surface area contributed by atoms with Crippen LogP contribution in [-0.2, 0) is 11.4 Å². The number of carbonyl (C=O) groups excluding carboxylic acids is 1. The van der Waals surface area contributed by atoms with Crippen LogP contribution in [0, 0.1) is 0 Å². The number of anilines is 1. The molecule has 3 heterocycles. The Kier molecular flexibility index (Phi) is 6.30. The second-order valence-electron chi connectivity index (χ2n) is 8.73. The van der Waals surface area contributed by atoms with E-state index in [1.807, 2.05) is 0 Å². The normalized spacial score (nSPS) is 15.7. The zero-order chi connectivity index (χ0) is 25.2. The molecular formula is C27H27N5O4. The average molecular weight is 486 g/mol. The maximum atomic E-state index is 13.8. The van der Waals surface area contributed by atoms with Gasteiger partial charge in [0.05, 0.1) is 23.9 Å². The molecule has 0 saturated carbocycles.